The number of nitrogens with two attached hydrogens (primary N) is 1. The number of aliphatic imine (C=N–C) groups is 2. The summed E-state index contributed by atoms with van der Waals surface area (Å²) in [5.41, 5.74) is 7.53. The van der Waals surface area contributed by atoms with Crippen molar-refractivity contribution in [3.63, 3.8) is 0 Å². The molecule has 2 aliphatic rings. The molecule has 1 fully saturated rings. The molecule has 1 aromatic rings. The van der Waals surface area contributed by atoms with Gasteiger partial charge >= 0.3 is 12.1 Å². The topological polar surface area (TPSA) is 104 Å². The molecule has 3 rings (SSSR count). The minimum Gasteiger partial charge on any atom is -0.444 e. The van der Waals surface area contributed by atoms with E-state index in [-0.39, 0.29) is 18.0 Å². The van der Waals surface area contributed by atoms with E-state index in [1.165, 1.54) is 0 Å². The Balaban J connectivity index is 1.94. The van der Waals surface area contributed by atoms with Gasteiger partial charge in [0.15, 0.2) is 0 Å². The summed E-state index contributed by atoms with van der Waals surface area (Å²) in [6, 6.07) is 4.90. The number of carbonyl (C=O) groups excluding carboxylic acids is 2. The predicted octanol–water partition coefficient (Wildman–Crippen LogP) is 3.76. The molecule has 0 spiro atoms. The Labute approximate surface area is 193 Å². The molecule has 2 heterocycles. The fraction of sp³-hybridized carbons (Fsp3) is 0.455. The molecule has 172 valence electrons. The van der Waals surface area contributed by atoms with Gasteiger partial charge in [-0.1, -0.05) is 23.7 Å². The van der Waals surface area contributed by atoms with E-state index in [0.717, 1.165) is 11.1 Å². The summed E-state index contributed by atoms with van der Waals surface area (Å²) in [4.78, 5) is 38.8. The van der Waals surface area contributed by atoms with Crippen molar-refractivity contribution in [3.8, 4) is 0 Å². The van der Waals surface area contributed by atoms with E-state index < -0.39 is 11.7 Å². The van der Waals surface area contributed by atoms with Gasteiger partial charge in [0.2, 0.25) is 5.96 Å². The molecule has 2 N–H and O–H groups in total. The van der Waals surface area contributed by atoms with Crippen LogP contribution in [0.2, 0.25) is 5.02 Å². The van der Waals surface area contributed by atoms with Crippen LogP contribution >= 0.6 is 11.6 Å². The number of nitrogens with zero attached hydrogens (tertiary/aromatic N) is 5. The number of hydrogen-bond acceptors (Lipinski definition) is 4. The molecule has 0 unspecified atom stereocenters. The van der Waals surface area contributed by atoms with Gasteiger partial charge in [0, 0.05) is 13.1 Å². The Bertz CT molecular complexity index is 987. The monoisotopic (exact) mass is 460 g/mol. The van der Waals surface area contributed by atoms with Gasteiger partial charge in [0.05, 0.1) is 23.3 Å². The second kappa shape index (κ2) is 8.82. The number of hydrogen-bond donors (Lipinski definition) is 1. The molecule has 0 atom stereocenters. The maximum atomic E-state index is 13.7. The Hall–Kier alpha value is -3.07. The fourth-order valence-corrected chi connectivity index (χ4v) is 3.98. The van der Waals surface area contributed by atoms with Crippen molar-refractivity contribution in [2.45, 2.75) is 46.3 Å². The molecule has 2 aliphatic heterocycles. The number of amides is 3. The molecule has 9 nitrogen and oxygen atoms in total. The van der Waals surface area contributed by atoms with Crippen LogP contribution < -0.4 is 10.6 Å². The number of halogens is 1. The minimum absolute atomic E-state index is 0.0390. The smallest absolute Gasteiger partial charge is 0.410 e. The third-order valence-corrected chi connectivity index (χ3v) is 5.47. The summed E-state index contributed by atoms with van der Waals surface area (Å²) < 4.78 is 5.43. The number of urea groups is 1. The Morgan fingerprint density at radius 3 is 2.50 bits per heavy atom. The van der Waals surface area contributed by atoms with E-state index >= 15 is 0 Å². The summed E-state index contributed by atoms with van der Waals surface area (Å²) in [6.07, 6.45) is -0.421. The Morgan fingerprint density at radius 2 is 1.94 bits per heavy atom. The molecule has 0 aliphatic carbocycles. The molecule has 1 aromatic carbocycles. The van der Waals surface area contributed by atoms with Crippen molar-refractivity contribution >= 4 is 42.1 Å². The van der Waals surface area contributed by atoms with Crippen LogP contribution in [-0.2, 0) is 4.74 Å². The normalized spacial score (nSPS) is 18.1. The summed E-state index contributed by atoms with van der Waals surface area (Å²) in [5, 5.41) is 0.481. The van der Waals surface area contributed by atoms with E-state index in [1.807, 2.05) is 46.8 Å². The van der Waals surface area contributed by atoms with Crippen LogP contribution in [0.1, 0.15) is 33.3 Å². The van der Waals surface area contributed by atoms with Gasteiger partial charge in [-0.05, 0) is 58.5 Å². The number of carbonyl (C=O) groups is 2. The Kier molecular flexibility index (Phi) is 6.50. The molecular weight excluding hydrogens is 432 g/mol. The number of anilines is 1. The first-order chi connectivity index (χ1) is 14.9. The van der Waals surface area contributed by atoms with E-state index in [1.54, 1.807) is 20.8 Å². The summed E-state index contributed by atoms with van der Waals surface area (Å²) in [5.74, 6) is 0.373. The van der Waals surface area contributed by atoms with Gasteiger partial charge < -0.3 is 15.4 Å². The van der Waals surface area contributed by atoms with Crippen molar-refractivity contribution in [1.82, 2.24) is 9.80 Å². The van der Waals surface area contributed by atoms with E-state index in [0.29, 0.717) is 36.2 Å². The molecule has 0 radical (unpaired) electrons. The van der Waals surface area contributed by atoms with Gasteiger partial charge in [-0.15, -0.1) is 0 Å². The van der Waals surface area contributed by atoms with Crippen LogP contribution in [0, 0.1) is 6.92 Å². The zero-order chi connectivity index (χ0) is 23.8. The van der Waals surface area contributed by atoms with E-state index in [4.69, 9.17) is 22.1 Å². The number of guanidine groups is 1. The van der Waals surface area contributed by atoms with Crippen molar-refractivity contribution in [2.75, 3.05) is 24.5 Å². The molecule has 10 heteroatoms. The zero-order valence-electron chi connectivity index (χ0n) is 19.1. The molecule has 0 bridgehead atoms. The average molecular weight is 461 g/mol. The van der Waals surface area contributed by atoms with Gasteiger partial charge in [-0.25, -0.2) is 14.6 Å². The van der Waals surface area contributed by atoms with Crippen molar-refractivity contribution in [1.29, 1.82) is 0 Å². The maximum absolute atomic E-state index is 13.7. The maximum Gasteiger partial charge on any atom is 0.410 e. The van der Waals surface area contributed by atoms with Gasteiger partial charge in [0.1, 0.15) is 11.4 Å². The highest BCUT2D eigenvalue weighted by Gasteiger charge is 2.44. The molecular formula is C22H29ClN6O3. The van der Waals surface area contributed by atoms with Crippen molar-refractivity contribution in [3.05, 3.63) is 40.2 Å². The van der Waals surface area contributed by atoms with Crippen LogP contribution in [0.15, 0.2) is 39.6 Å². The molecule has 0 aromatic heterocycles. The Morgan fingerprint density at radius 1 is 1.28 bits per heavy atom. The minimum atomic E-state index is -0.600. The van der Waals surface area contributed by atoms with Crippen LogP contribution in [0.25, 0.3) is 0 Å². The zero-order valence-corrected chi connectivity index (χ0v) is 19.8. The summed E-state index contributed by atoms with van der Waals surface area (Å²) in [6.45, 7) is 13.5. The largest absolute Gasteiger partial charge is 0.444 e. The van der Waals surface area contributed by atoms with E-state index in [9.17, 15) is 9.59 Å². The van der Waals surface area contributed by atoms with Crippen molar-refractivity contribution in [2.24, 2.45) is 15.7 Å². The SMILES string of the molecule is C=N/C(N)=N\C1=C(C)CN(c2c(C)cccc2Cl)C(=O)N1C1CN(C(=O)OC(C)(C)C)C1. The lowest BCUT2D eigenvalue weighted by Gasteiger charge is -2.48. The predicted molar refractivity (Wildman–Crippen MR) is 126 cm³/mol. The standard InChI is InChI=1S/C22H29ClN6O3/c1-13-8-7-9-16(23)17(13)28-10-14(2)18(26-19(24)25-6)29(20(28)30)15-11-27(12-15)21(31)32-22(3,4)5/h7-9,15H,6,10-12H2,1-5H3,(H2,24,26). The number of rotatable bonds is 3. The van der Waals surface area contributed by atoms with E-state index in [2.05, 4.69) is 16.7 Å². The lowest BCUT2D eigenvalue weighted by molar-refractivity contribution is -0.00489. The first kappa shape index (κ1) is 23.6. The lowest BCUT2D eigenvalue weighted by Crippen LogP contribution is -2.65. The van der Waals surface area contributed by atoms with Gasteiger partial charge in [0.25, 0.3) is 0 Å². The van der Waals surface area contributed by atoms with Crippen LogP contribution in [0.5, 0.6) is 0 Å². The quantitative estimate of drug-likeness (QED) is 0.547. The fourth-order valence-electron chi connectivity index (χ4n) is 3.66. The summed E-state index contributed by atoms with van der Waals surface area (Å²) in [7, 11) is 0. The number of aryl methyl sites for hydroxylation is 1. The first-order valence-corrected chi connectivity index (χ1v) is 10.6. The highest BCUT2D eigenvalue weighted by molar-refractivity contribution is 6.34. The van der Waals surface area contributed by atoms with Gasteiger partial charge in [-0.2, -0.15) is 4.99 Å². The molecule has 1 saturated heterocycles. The van der Waals surface area contributed by atoms with Crippen LogP contribution in [-0.4, -0.2) is 65.9 Å². The highest BCUT2D eigenvalue weighted by Crippen LogP contribution is 2.36. The lowest BCUT2D eigenvalue weighted by atomic mass is 10.0. The second-order valence-electron chi connectivity index (χ2n) is 8.92. The third-order valence-electron chi connectivity index (χ3n) is 5.16. The number of ether oxygens (including phenoxy) is 1. The third kappa shape index (κ3) is 4.72. The highest BCUT2D eigenvalue weighted by atomic mass is 35.5. The molecule has 3 amide bonds. The van der Waals surface area contributed by atoms with Crippen LogP contribution in [0.3, 0.4) is 0 Å². The van der Waals surface area contributed by atoms with Crippen molar-refractivity contribution < 1.29 is 14.3 Å². The number of para-hydroxylation sites is 1. The second-order valence-corrected chi connectivity index (χ2v) is 9.32. The average Bonchev–Trinajstić information content (AvgIpc) is 2.64. The molecule has 32 heavy (non-hydrogen) atoms. The molecule has 0 saturated carbocycles. The van der Waals surface area contributed by atoms with Crippen LogP contribution in [0.4, 0.5) is 15.3 Å². The number of benzene rings is 1. The van der Waals surface area contributed by atoms with Gasteiger partial charge in [-0.3, -0.25) is 9.80 Å². The summed E-state index contributed by atoms with van der Waals surface area (Å²) >= 11 is 6.45. The number of likely N-dealkylation sites (tertiary alicyclic amines) is 1. The first-order valence-electron chi connectivity index (χ1n) is 10.3.